The average Bonchev–Trinajstić information content (AvgIpc) is 2.88. The summed E-state index contributed by atoms with van der Waals surface area (Å²) < 4.78 is 32.6. The maximum atomic E-state index is 12.6. The smallest absolute Gasteiger partial charge is 0.339 e. The minimum atomic E-state index is -3.94. The van der Waals surface area contributed by atoms with Gasteiger partial charge >= 0.3 is 10.1 Å². The molecule has 0 atom stereocenters. The van der Waals surface area contributed by atoms with Crippen LogP contribution in [0.2, 0.25) is 5.02 Å². The second-order valence-electron chi connectivity index (χ2n) is 5.91. The number of aromatic nitrogens is 1. The molecule has 0 spiro atoms. The molecule has 2 aromatic carbocycles. The van der Waals surface area contributed by atoms with Gasteiger partial charge in [-0.2, -0.15) is 8.42 Å². The Kier molecular flexibility index (Phi) is 4.62. The number of benzene rings is 2. The zero-order valence-corrected chi connectivity index (χ0v) is 15.7. The molecule has 0 aliphatic carbocycles. The number of aryl methyl sites for hydroxylation is 3. The Labute approximate surface area is 152 Å². The number of halogens is 1. The summed E-state index contributed by atoms with van der Waals surface area (Å²) in [4.78, 5) is 0.111. The van der Waals surface area contributed by atoms with Gasteiger partial charge in [-0.3, -0.25) is 0 Å². The Morgan fingerprint density at radius 2 is 1.48 bits per heavy atom. The van der Waals surface area contributed by atoms with Crippen LogP contribution in [0, 0.1) is 20.8 Å². The van der Waals surface area contributed by atoms with E-state index in [0.717, 1.165) is 17.0 Å². The van der Waals surface area contributed by atoms with Crippen LogP contribution >= 0.6 is 11.6 Å². The molecule has 3 rings (SSSR count). The van der Waals surface area contributed by atoms with Crippen LogP contribution in [0.25, 0.3) is 5.69 Å². The van der Waals surface area contributed by atoms with Gasteiger partial charge in [-0.1, -0.05) is 29.3 Å². The van der Waals surface area contributed by atoms with Gasteiger partial charge in [0.05, 0.1) is 5.69 Å². The fourth-order valence-electron chi connectivity index (χ4n) is 2.66. The molecule has 0 aliphatic heterocycles. The van der Waals surface area contributed by atoms with E-state index in [1.165, 1.54) is 12.1 Å². The molecular weight excluding hydrogens is 358 g/mol. The Balaban J connectivity index is 2.08. The fraction of sp³-hybridized carbons (Fsp3) is 0.158. The van der Waals surface area contributed by atoms with Crippen LogP contribution in [0.5, 0.6) is 5.75 Å². The first-order valence-electron chi connectivity index (χ1n) is 7.74. The van der Waals surface area contributed by atoms with Crippen LogP contribution in [-0.2, 0) is 10.1 Å². The van der Waals surface area contributed by atoms with Crippen molar-refractivity contribution in [2.45, 2.75) is 25.7 Å². The highest BCUT2D eigenvalue weighted by atomic mass is 35.5. The van der Waals surface area contributed by atoms with Gasteiger partial charge in [0.2, 0.25) is 0 Å². The maximum Gasteiger partial charge on any atom is 0.339 e. The third-order valence-corrected chi connectivity index (χ3v) is 5.43. The van der Waals surface area contributed by atoms with E-state index in [9.17, 15) is 8.42 Å². The largest absolute Gasteiger partial charge is 0.377 e. The Bertz CT molecular complexity index is 1000. The number of rotatable bonds is 4. The second-order valence-corrected chi connectivity index (χ2v) is 7.90. The fourth-order valence-corrected chi connectivity index (χ4v) is 3.76. The molecule has 6 heteroatoms. The van der Waals surface area contributed by atoms with Crippen molar-refractivity contribution in [3.63, 3.8) is 0 Å². The first kappa shape index (κ1) is 17.6. The highest BCUT2D eigenvalue weighted by Gasteiger charge is 2.20. The van der Waals surface area contributed by atoms with Crippen molar-refractivity contribution in [3.8, 4) is 11.4 Å². The molecule has 25 heavy (non-hydrogen) atoms. The van der Waals surface area contributed by atoms with Gasteiger partial charge in [0.15, 0.2) is 5.75 Å². The van der Waals surface area contributed by atoms with Gasteiger partial charge in [0.1, 0.15) is 4.90 Å². The van der Waals surface area contributed by atoms with E-state index in [4.69, 9.17) is 15.8 Å². The maximum absolute atomic E-state index is 12.6. The van der Waals surface area contributed by atoms with Crippen molar-refractivity contribution >= 4 is 21.7 Å². The van der Waals surface area contributed by atoms with Gasteiger partial charge in [0, 0.05) is 16.4 Å². The molecule has 0 amide bonds. The monoisotopic (exact) mass is 375 g/mol. The summed E-state index contributed by atoms with van der Waals surface area (Å²) in [7, 11) is -3.94. The SMILES string of the molecule is Cc1ccc(S(=O)(=O)Oc2ccc(Cl)cc2-n2c(C)ccc2C)cc1. The molecule has 0 bridgehead atoms. The molecule has 4 nitrogen and oxygen atoms in total. The molecule has 0 radical (unpaired) electrons. The predicted octanol–water partition coefficient (Wildman–Crippen LogP) is 4.82. The summed E-state index contributed by atoms with van der Waals surface area (Å²) >= 11 is 6.13. The van der Waals surface area contributed by atoms with Crippen molar-refractivity contribution < 1.29 is 12.6 Å². The zero-order chi connectivity index (χ0) is 18.2. The first-order chi connectivity index (χ1) is 11.8. The summed E-state index contributed by atoms with van der Waals surface area (Å²) in [6.07, 6.45) is 0. The highest BCUT2D eigenvalue weighted by molar-refractivity contribution is 7.87. The Hall–Kier alpha value is -2.24. The third kappa shape index (κ3) is 3.57. The van der Waals surface area contributed by atoms with Gasteiger partial charge in [-0.05, 0) is 63.2 Å². The van der Waals surface area contributed by atoms with Crippen LogP contribution in [0.4, 0.5) is 0 Å². The quantitative estimate of drug-likeness (QED) is 0.614. The van der Waals surface area contributed by atoms with E-state index in [0.29, 0.717) is 10.7 Å². The van der Waals surface area contributed by atoms with Crippen molar-refractivity contribution in [1.82, 2.24) is 4.57 Å². The molecule has 3 aromatic rings. The molecule has 0 saturated heterocycles. The van der Waals surface area contributed by atoms with E-state index in [1.54, 1.807) is 30.3 Å². The molecular formula is C19H18ClNO3S. The molecule has 1 aromatic heterocycles. The van der Waals surface area contributed by atoms with Crippen LogP contribution < -0.4 is 4.18 Å². The lowest BCUT2D eigenvalue weighted by atomic mass is 10.2. The predicted molar refractivity (Wildman–Crippen MR) is 99.2 cm³/mol. The topological polar surface area (TPSA) is 48.3 Å². The summed E-state index contributed by atoms with van der Waals surface area (Å²) in [6.45, 7) is 5.77. The van der Waals surface area contributed by atoms with E-state index in [1.807, 2.05) is 37.5 Å². The molecule has 0 N–H and O–H groups in total. The molecule has 0 aliphatic rings. The Morgan fingerprint density at radius 1 is 0.880 bits per heavy atom. The molecule has 0 unspecified atom stereocenters. The number of nitrogens with zero attached hydrogens (tertiary/aromatic N) is 1. The molecule has 0 saturated carbocycles. The van der Waals surface area contributed by atoms with Crippen LogP contribution in [0.1, 0.15) is 17.0 Å². The lowest BCUT2D eigenvalue weighted by Crippen LogP contribution is -2.12. The number of hydrogen-bond acceptors (Lipinski definition) is 3. The number of hydrogen-bond donors (Lipinski definition) is 0. The third-order valence-electron chi connectivity index (χ3n) is 3.94. The minimum Gasteiger partial charge on any atom is -0.377 e. The van der Waals surface area contributed by atoms with Crippen molar-refractivity contribution in [3.05, 3.63) is 76.6 Å². The summed E-state index contributed by atoms with van der Waals surface area (Å²) in [5.74, 6) is 0.229. The highest BCUT2D eigenvalue weighted by Crippen LogP contribution is 2.31. The zero-order valence-electron chi connectivity index (χ0n) is 14.2. The molecule has 130 valence electrons. The molecule has 1 heterocycles. The summed E-state index contributed by atoms with van der Waals surface area (Å²) in [5.41, 5.74) is 3.47. The van der Waals surface area contributed by atoms with E-state index in [-0.39, 0.29) is 10.6 Å². The second kappa shape index (κ2) is 6.58. The standard InChI is InChI=1S/C19H18ClNO3S/c1-13-4-9-17(10-5-13)25(22,23)24-19-11-8-16(20)12-18(19)21-14(2)6-7-15(21)3/h4-12H,1-3H3. The lowest BCUT2D eigenvalue weighted by molar-refractivity contribution is 0.484. The van der Waals surface area contributed by atoms with Gasteiger partial charge in [0.25, 0.3) is 0 Å². The van der Waals surface area contributed by atoms with Crippen molar-refractivity contribution in [2.75, 3.05) is 0 Å². The first-order valence-corrected chi connectivity index (χ1v) is 9.52. The average molecular weight is 376 g/mol. The van der Waals surface area contributed by atoms with E-state index in [2.05, 4.69) is 0 Å². The van der Waals surface area contributed by atoms with Crippen LogP contribution in [0.3, 0.4) is 0 Å². The van der Waals surface area contributed by atoms with Crippen molar-refractivity contribution in [2.24, 2.45) is 0 Å². The minimum absolute atomic E-state index is 0.111. The summed E-state index contributed by atoms with van der Waals surface area (Å²) in [6, 6.07) is 15.3. The van der Waals surface area contributed by atoms with E-state index >= 15 is 0 Å². The van der Waals surface area contributed by atoms with Crippen LogP contribution in [0.15, 0.2) is 59.5 Å². The summed E-state index contributed by atoms with van der Waals surface area (Å²) in [5, 5.41) is 0.502. The van der Waals surface area contributed by atoms with Crippen LogP contribution in [-0.4, -0.2) is 13.0 Å². The lowest BCUT2D eigenvalue weighted by Gasteiger charge is -2.16. The molecule has 0 fully saturated rings. The normalized spacial score (nSPS) is 11.5. The Morgan fingerprint density at radius 3 is 2.08 bits per heavy atom. The van der Waals surface area contributed by atoms with Gasteiger partial charge < -0.3 is 8.75 Å². The van der Waals surface area contributed by atoms with Gasteiger partial charge in [-0.25, -0.2) is 0 Å². The van der Waals surface area contributed by atoms with Gasteiger partial charge in [-0.15, -0.1) is 0 Å². The van der Waals surface area contributed by atoms with Crippen molar-refractivity contribution in [1.29, 1.82) is 0 Å². The van der Waals surface area contributed by atoms with E-state index < -0.39 is 10.1 Å².